The second-order valence-electron chi connectivity index (χ2n) is 9.97. The van der Waals surface area contributed by atoms with Crippen LogP contribution < -0.4 is 16.0 Å². The van der Waals surface area contributed by atoms with Crippen molar-refractivity contribution < 1.29 is 23.0 Å². The summed E-state index contributed by atoms with van der Waals surface area (Å²) in [6, 6.07) is 9.91. The van der Waals surface area contributed by atoms with Crippen LogP contribution in [0.5, 0.6) is 0 Å². The molecule has 8 nitrogen and oxygen atoms in total. The number of aromatic nitrogens is 2. The number of rotatable bonds is 9. The predicted molar refractivity (Wildman–Crippen MR) is 139 cm³/mol. The average Bonchev–Trinajstić information content (AvgIpc) is 2.92. The van der Waals surface area contributed by atoms with Gasteiger partial charge in [-0.2, -0.15) is 18.4 Å². The van der Waals surface area contributed by atoms with E-state index in [1.807, 2.05) is 24.3 Å². The third-order valence-corrected chi connectivity index (χ3v) is 7.53. The molecule has 206 valence electrons. The molecule has 0 unspecified atom stereocenters. The van der Waals surface area contributed by atoms with Gasteiger partial charge < -0.3 is 25.8 Å². The standard InChI is InChI=1S/C26H32ClF3N6O2/c27-20-13-33-24(35-18-6-4-17(5-7-18)32-14-22(37)26(28,29)30)12-19(20)21-2-1-3-23(36-21)34-16-25(15-31)8-10-38-11-9-25/h1-3,12-13,17-18,22,32,37H,4-11,14,16H2,(H,33,35)(H,34,36)/t17-,18-,22-/m0/s1. The highest BCUT2D eigenvalue weighted by Gasteiger charge is 2.38. The van der Waals surface area contributed by atoms with Crippen molar-refractivity contribution >= 4 is 23.2 Å². The van der Waals surface area contributed by atoms with E-state index in [0.29, 0.717) is 73.4 Å². The minimum absolute atomic E-state index is 0.0699. The molecule has 1 saturated carbocycles. The number of nitriles is 1. The van der Waals surface area contributed by atoms with Crippen LogP contribution in [0.25, 0.3) is 11.3 Å². The third-order valence-electron chi connectivity index (χ3n) is 7.23. The van der Waals surface area contributed by atoms with Gasteiger partial charge in [0, 0.05) is 50.1 Å². The molecule has 38 heavy (non-hydrogen) atoms. The van der Waals surface area contributed by atoms with Crippen molar-refractivity contribution in [3.05, 3.63) is 35.5 Å². The average molecular weight is 553 g/mol. The van der Waals surface area contributed by atoms with E-state index in [2.05, 4.69) is 27.0 Å². The maximum Gasteiger partial charge on any atom is 0.415 e. The first-order valence-electron chi connectivity index (χ1n) is 12.8. The Kier molecular flexibility index (Phi) is 9.31. The van der Waals surface area contributed by atoms with Gasteiger partial charge in [0.05, 0.1) is 22.2 Å². The molecule has 4 rings (SSSR count). The van der Waals surface area contributed by atoms with Crippen molar-refractivity contribution in [3.8, 4) is 17.3 Å². The summed E-state index contributed by atoms with van der Waals surface area (Å²) in [5, 5.41) is 28.9. The van der Waals surface area contributed by atoms with Crippen LogP contribution in [0.4, 0.5) is 24.8 Å². The normalized spacial score (nSPS) is 22.3. The van der Waals surface area contributed by atoms with Gasteiger partial charge in [-0.25, -0.2) is 9.97 Å². The van der Waals surface area contributed by atoms with E-state index in [1.165, 1.54) is 0 Å². The first kappa shape index (κ1) is 28.4. The van der Waals surface area contributed by atoms with Crippen LogP contribution in [0.3, 0.4) is 0 Å². The number of nitrogens with one attached hydrogen (secondary N) is 3. The molecule has 0 amide bonds. The molecule has 2 aliphatic rings. The third kappa shape index (κ3) is 7.47. The highest BCUT2D eigenvalue weighted by Crippen LogP contribution is 2.32. The van der Waals surface area contributed by atoms with Crippen LogP contribution in [0, 0.1) is 16.7 Å². The minimum Gasteiger partial charge on any atom is -0.382 e. The zero-order valence-electron chi connectivity index (χ0n) is 20.9. The fourth-order valence-corrected chi connectivity index (χ4v) is 4.99. The summed E-state index contributed by atoms with van der Waals surface area (Å²) < 4.78 is 43.0. The van der Waals surface area contributed by atoms with E-state index < -0.39 is 24.2 Å². The van der Waals surface area contributed by atoms with Gasteiger partial charge >= 0.3 is 6.18 Å². The zero-order valence-corrected chi connectivity index (χ0v) is 21.7. The molecular weight excluding hydrogens is 521 g/mol. The predicted octanol–water partition coefficient (Wildman–Crippen LogP) is 4.77. The van der Waals surface area contributed by atoms with E-state index >= 15 is 0 Å². The number of anilines is 2. The lowest BCUT2D eigenvalue weighted by Crippen LogP contribution is -2.44. The summed E-state index contributed by atoms with van der Waals surface area (Å²) in [4.78, 5) is 9.10. The topological polar surface area (TPSA) is 115 Å². The van der Waals surface area contributed by atoms with E-state index in [-0.39, 0.29) is 12.1 Å². The number of halogens is 4. The Labute approximate surface area is 225 Å². The van der Waals surface area contributed by atoms with Crippen LogP contribution >= 0.6 is 11.6 Å². The van der Waals surface area contributed by atoms with Gasteiger partial charge in [0.15, 0.2) is 6.10 Å². The van der Waals surface area contributed by atoms with Crippen molar-refractivity contribution in [1.29, 1.82) is 5.26 Å². The highest BCUT2D eigenvalue weighted by molar-refractivity contribution is 6.33. The summed E-state index contributed by atoms with van der Waals surface area (Å²) in [6.45, 7) is 1.13. The number of alkyl halides is 3. The number of nitrogens with zero attached hydrogens (tertiary/aromatic N) is 3. The van der Waals surface area contributed by atoms with Gasteiger partial charge in [-0.05, 0) is 56.7 Å². The summed E-state index contributed by atoms with van der Waals surface area (Å²) >= 11 is 6.46. The van der Waals surface area contributed by atoms with E-state index in [9.17, 15) is 23.5 Å². The summed E-state index contributed by atoms with van der Waals surface area (Å²) in [5.41, 5.74) is 0.901. The van der Waals surface area contributed by atoms with E-state index in [1.54, 1.807) is 6.20 Å². The van der Waals surface area contributed by atoms with Crippen LogP contribution in [-0.4, -0.2) is 65.7 Å². The van der Waals surface area contributed by atoms with Crippen molar-refractivity contribution in [2.45, 2.75) is 62.9 Å². The molecule has 0 aromatic carbocycles. The monoisotopic (exact) mass is 552 g/mol. The van der Waals surface area contributed by atoms with Crippen molar-refractivity contribution in [1.82, 2.24) is 15.3 Å². The van der Waals surface area contributed by atoms with Crippen molar-refractivity contribution in [2.24, 2.45) is 5.41 Å². The minimum atomic E-state index is -4.61. The molecule has 3 heterocycles. The van der Waals surface area contributed by atoms with Crippen LogP contribution in [0.1, 0.15) is 38.5 Å². The van der Waals surface area contributed by atoms with E-state index in [4.69, 9.17) is 21.3 Å². The van der Waals surface area contributed by atoms with Crippen molar-refractivity contribution in [3.63, 3.8) is 0 Å². The maximum atomic E-state index is 12.5. The first-order valence-corrected chi connectivity index (χ1v) is 13.2. The lowest BCUT2D eigenvalue weighted by Gasteiger charge is -2.31. The number of aliphatic hydroxyl groups excluding tert-OH is 1. The van der Waals surface area contributed by atoms with Crippen LogP contribution in [-0.2, 0) is 4.74 Å². The molecular formula is C26H32ClF3N6O2. The molecule has 4 N–H and O–H groups in total. The number of hydrogen-bond acceptors (Lipinski definition) is 8. The highest BCUT2D eigenvalue weighted by atomic mass is 35.5. The molecule has 1 saturated heterocycles. The maximum absolute atomic E-state index is 12.5. The molecule has 2 fully saturated rings. The van der Waals surface area contributed by atoms with E-state index in [0.717, 1.165) is 12.8 Å². The Morgan fingerprint density at radius 2 is 1.87 bits per heavy atom. The van der Waals surface area contributed by atoms with Gasteiger partial charge in [-0.1, -0.05) is 17.7 Å². The van der Waals surface area contributed by atoms with Gasteiger partial charge in [0.1, 0.15) is 11.6 Å². The Hall–Kier alpha value is -2.65. The van der Waals surface area contributed by atoms with Crippen LogP contribution in [0.15, 0.2) is 30.5 Å². The first-order chi connectivity index (χ1) is 18.2. The molecule has 12 heteroatoms. The Morgan fingerprint density at radius 1 is 1.16 bits per heavy atom. The lowest BCUT2D eigenvalue weighted by molar-refractivity contribution is -0.202. The van der Waals surface area contributed by atoms with Gasteiger partial charge in [0.25, 0.3) is 0 Å². The largest absolute Gasteiger partial charge is 0.415 e. The molecule has 0 bridgehead atoms. The zero-order chi connectivity index (χ0) is 27.2. The number of ether oxygens (including phenoxy) is 1. The van der Waals surface area contributed by atoms with Gasteiger partial charge in [-0.15, -0.1) is 0 Å². The second kappa shape index (κ2) is 12.5. The molecule has 2 aromatic heterocycles. The SMILES string of the molecule is N#CC1(CNc2cccc(-c3cc(N[C@H]4CC[C@H](NC[C@H](O)C(F)(F)F)CC4)ncc3Cl)n2)CCOCC1. The Balaban J connectivity index is 1.34. The molecule has 0 spiro atoms. The number of hydrogen-bond donors (Lipinski definition) is 4. The fraction of sp³-hybridized carbons (Fsp3) is 0.577. The summed E-state index contributed by atoms with van der Waals surface area (Å²) in [6.07, 6.45) is -1.17. The molecule has 1 atom stereocenters. The smallest absolute Gasteiger partial charge is 0.382 e. The van der Waals surface area contributed by atoms with Gasteiger partial charge in [0.2, 0.25) is 0 Å². The van der Waals surface area contributed by atoms with Crippen LogP contribution in [0.2, 0.25) is 5.02 Å². The summed E-state index contributed by atoms with van der Waals surface area (Å²) in [7, 11) is 0. The second-order valence-corrected chi connectivity index (χ2v) is 10.4. The van der Waals surface area contributed by atoms with Crippen molar-refractivity contribution in [2.75, 3.05) is 36.9 Å². The number of pyridine rings is 2. The Morgan fingerprint density at radius 3 is 2.55 bits per heavy atom. The lowest BCUT2D eigenvalue weighted by atomic mass is 9.82. The fourth-order valence-electron chi connectivity index (χ4n) is 4.79. The summed E-state index contributed by atoms with van der Waals surface area (Å²) in [5.74, 6) is 1.28. The van der Waals surface area contributed by atoms with Gasteiger partial charge in [-0.3, -0.25) is 0 Å². The molecule has 1 aliphatic heterocycles. The number of aliphatic hydroxyl groups is 1. The Bertz CT molecular complexity index is 1110. The quantitative estimate of drug-likeness (QED) is 0.352. The molecule has 1 aliphatic carbocycles. The molecule has 2 aromatic rings. The molecule has 0 radical (unpaired) electrons.